The Labute approximate surface area is 181 Å². The van der Waals surface area contributed by atoms with Crippen LogP contribution in [0.1, 0.15) is 11.3 Å². The van der Waals surface area contributed by atoms with Crippen LogP contribution in [0.2, 0.25) is 5.02 Å². The maximum absolute atomic E-state index is 13.2. The number of piperazine rings is 1. The molecule has 1 aromatic heterocycles. The van der Waals surface area contributed by atoms with E-state index in [9.17, 15) is 4.79 Å². The number of para-hydroxylation sites is 2. The zero-order valence-electron chi connectivity index (χ0n) is 16.6. The van der Waals surface area contributed by atoms with Crippen molar-refractivity contribution in [2.24, 2.45) is 5.92 Å². The van der Waals surface area contributed by atoms with Gasteiger partial charge in [-0.3, -0.25) is 4.79 Å². The zero-order valence-corrected chi connectivity index (χ0v) is 17.4. The second kappa shape index (κ2) is 8.07. The first-order chi connectivity index (χ1) is 14.7. The third-order valence-electron chi connectivity index (χ3n) is 6.17. The van der Waals surface area contributed by atoms with Gasteiger partial charge in [-0.1, -0.05) is 41.9 Å². The van der Waals surface area contributed by atoms with Crippen molar-refractivity contribution in [1.82, 2.24) is 5.32 Å². The maximum atomic E-state index is 13.2. The van der Waals surface area contributed by atoms with Crippen LogP contribution in [0.25, 0.3) is 0 Å². The SMILES string of the molecule is O=C(NCc1ccco1)[C@H]1Cc2ccccc2N2CCN(c3ccccc3Cl)C[C@H]12. The molecule has 5 rings (SSSR count). The van der Waals surface area contributed by atoms with Gasteiger partial charge in [0.05, 0.1) is 35.5 Å². The van der Waals surface area contributed by atoms with Gasteiger partial charge in [-0.2, -0.15) is 0 Å². The molecule has 2 aromatic carbocycles. The third-order valence-corrected chi connectivity index (χ3v) is 6.49. The van der Waals surface area contributed by atoms with Crippen LogP contribution in [0, 0.1) is 5.92 Å². The van der Waals surface area contributed by atoms with Gasteiger partial charge in [-0.25, -0.2) is 0 Å². The summed E-state index contributed by atoms with van der Waals surface area (Å²) >= 11 is 6.47. The number of amides is 1. The van der Waals surface area contributed by atoms with Crippen molar-refractivity contribution in [3.8, 4) is 0 Å². The highest BCUT2D eigenvalue weighted by Gasteiger charge is 2.41. The molecule has 154 valence electrons. The van der Waals surface area contributed by atoms with E-state index in [1.165, 1.54) is 11.3 Å². The summed E-state index contributed by atoms with van der Waals surface area (Å²) in [6.45, 7) is 2.89. The molecule has 1 saturated heterocycles. The van der Waals surface area contributed by atoms with E-state index in [1.807, 2.05) is 30.3 Å². The topological polar surface area (TPSA) is 48.7 Å². The first-order valence-corrected chi connectivity index (χ1v) is 10.7. The van der Waals surface area contributed by atoms with E-state index in [-0.39, 0.29) is 17.9 Å². The molecule has 3 aromatic rings. The molecule has 3 heterocycles. The summed E-state index contributed by atoms with van der Waals surface area (Å²) < 4.78 is 5.37. The molecule has 0 spiro atoms. The number of nitrogens with one attached hydrogen (secondary N) is 1. The van der Waals surface area contributed by atoms with Gasteiger partial charge in [-0.15, -0.1) is 0 Å². The van der Waals surface area contributed by atoms with E-state index < -0.39 is 0 Å². The van der Waals surface area contributed by atoms with Crippen LogP contribution in [0.4, 0.5) is 11.4 Å². The Balaban J connectivity index is 1.42. The molecule has 2 aliphatic heterocycles. The lowest BCUT2D eigenvalue weighted by Gasteiger charge is -2.49. The van der Waals surface area contributed by atoms with Crippen LogP contribution in [-0.2, 0) is 17.8 Å². The van der Waals surface area contributed by atoms with Crippen molar-refractivity contribution in [2.45, 2.75) is 19.0 Å². The van der Waals surface area contributed by atoms with Crippen molar-refractivity contribution >= 4 is 28.9 Å². The number of furan rings is 1. The quantitative estimate of drug-likeness (QED) is 0.688. The summed E-state index contributed by atoms with van der Waals surface area (Å²) in [4.78, 5) is 18.0. The fraction of sp³-hybridized carbons (Fsp3) is 0.292. The molecule has 2 aliphatic rings. The van der Waals surface area contributed by atoms with Gasteiger partial charge in [-0.05, 0) is 42.3 Å². The number of anilines is 2. The van der Waals surface area contributed by atoms with E-state index in [0.717, 1.165) is 42.5 Å². The Morgan fingerprint density at radius 2 is 1.83 bits per heavy atom. The molecular formula is C24H24ClN3O2. The molecule has 5 nitrogen and oxygen atoms in total. The smallest absolute Gasteiger partial charge is 0.225 e. The number of hydrogen-bond acceptors (Lipinski definition) is 4. The largest absolute Gasteiger partial charge is 0.467 e. The highest BCUT2D eigenvalue weighted by atomic mass is 35.5. The van der Waals surface area contributed by atoms with Crippen molar-refractivity contribution in [3.63, 3.8) is 0 Å². The van der Waals surface area contributed by atoms with Crippen LogP contribution in [0.5, 0.6) is 0 Å². The van der Waals surface area contributed by atoms with Crippen LogP contribution in [0.3, 0.4) is 0 Å². The third kappa shape index (κ3) is 3.54. The summed E-state index contributed by atoms with van der Waals surface area (Å²) in [5, 5.41) is 3.83. The van der Waals surface area contributed by atoms with Gasteiger partial charge in [0, 0.05) is 25.3 Å². The average Bonchev–Trinajstić information content (AvgIpc) is 3.30. The number of rotatable bonds is 4. The Morgan fingerprint density at radius 3 is 2.63 bits per heavy atom. The van der Waals surface area contributed by atoms with Crippen molar-refractivity contribution in [3.05, 3.63) is 83.3 Å². The Bertz CT molecular complexity index is 1040. The summed E-state index contributed by atoms with van der Waals surface area (Å²) in [5.41, 5.74) is 3.52. The monoisotopic (exact) mass is 421 g/mol. The average molecular weight is 422 g/mol. The maximum Gasteiger partial charge on any atom is 0.225 e. The van der Waals surface area contributed by atoms with Gasteiger partial charge in [0.25, 0.3) is 0 Å². The number of carbonyl (C=O) groups is 1. The van der Waals surface area contributed by atoms with E-state index in [0.29, 0.717) is 6.54 Å². The minimum absolute atomic E-state index is 0.0666. The predicted octanol–water partition coefficient (Wildman–Crippen LogP) is 4.12. The second-order valence-corrected chi connectivity index (χ2v) is 8.30. The van der Waals surface area contributed by atoms with Crippen LogP contribution >= 0.6 is 11.6 Å². The number of nitrogens with zero attached hydrogens (tertiary/aromatic N) is 2. The number of hydrogen-bond donors (Lipinski definition) is 1. The van der Waals surface area contributed by atoms with Gasteiger partial charge >= 0.3 is 0 Å². The standard InChI is InChI=1S/C24H24ClN3O2/c25-20-8-2-4-10-22(20)27-11-12-28-21-9-3-1-6-17(21)14-19(23(28)16-27)24(29)26-15-18-7-5-13-30-18/h1-10,13,19,23H,11-12,14-16H2,(H,26,29)/t19-,23+/m0/s1. The van der Waals surface area contributed by atoms with Crippen LogP contribution in [0.15, 0.2) is 71.3 Å². The minimum atomic E-state index is -0.139. The molecule has 1 amide bonds. The summed E-state index contributed by atoms with van der Waals surface area (Å²) in [7, 11) is 0. The molecule has 0 bridgehead atoms. The molecule has 0 aliphatic carbocycles. The number of carbonyl (C=O) groups excluding carboxylic acids is 1. The van der Waals surface area contributed by atoms with E-state index >= 15 is 0 Å². The molecule has 2 atom stereocenters. The molecular weight excluding hydrogens is 398 g/mol. The molecule has 1 fully saturated rings. The molecule has 0 unspecified atom stereocenters. The fourth-order valence-corrected chi connectivity index (χ4v) is 4.96. The summed E-state index contributed by atoms with van der Waals surface area (Å²) in [6, 6.07) is 20.2. The van der Waals surface area contributed by atoms with Crippen LogP contribution < -0.4 is 15.1 Å². The number of benzene rings is 2. The minimum Gasteiger partial charge on any atom is -0.467 e. The second-order valence-electron chi connectivity index (χ2n) is 7.89. The summed E-state index contributed by atoms with van der Waals surface area (Å²) in [5.74, 6) is 0.690. The summed E-state index contributed by atoms with van der Waals surface area (Å²) in [6.07, 6.45) is 2.36. The normalized spacial score (nSPS) is 20.4. The highest BCUT2D eigenvalue weighted by molar-refractivity contribution is 6.33. The van der Waals surface area contributed by atoms with Gasteiger partial charge in [0.15, 0.2) is 0 Å². The zero-order chi connectivity index (χ0) is 20.5. The molecule has 0 saturated carbocycles. The molecule has 0 radical (unpaired) electrons. The predicted molar refractivity (Wildman–Crippen MR) is 119 cm³/mol. The van der Waals surface area contributed by atoms with Crippen LogP contribution in [-0.4, -0.2) is 31.6 Å². The van der Waals surface area contributed by atoms with Crippen molar-refractivity contribution in [1.29, 1.82) is 0 Å². The van der Waals surface area contributed by atoms with Gasteiger partial charge < -0.3 is 19.5 Å². The molecule has 30 heavy (non-hydrogen) atoms. The van der Waals surface area contributed by atoms with E-state index in [4.69, 9.17) is 16.0 Å². The molecule has 6 heteroatoms. The number of fused-ring (bicyclic) bond motifs is 3. The lowest BCUT2D eigenvalue weighted by molar-refractivity contribution is -0.126. The molecule has 1 N–H and O–H groups in total. The first-order valence-electron chi connectivity index (χ1n) is 10.3. The van der Waals surface area contributed by atoms with Crippen molar-refractivity contribution < 1.29 is 9.21 Å². The Kier molecular flexibility index (Phi) is 5.13. The lowest BCUT2D eigenvalue weighted by Crippen LogP contribution is -2.61. The number of halogens is 1. The Morgan fingerprint density at radius 1 is 1.03 bits per heavy atom. The van der Waals surface area contributed by atoms with Gasteiger partial charge in [0.2, 0.25) is 5.91 Å². The van der Waals surface area contributed by atoms with Crippen molar-refractivity contribution in [2.75, 3.05) is 29.4 Å². The van der Waals surface area contributed by atoms with Gasteiger partial charge in [0.1, 0.15) is 5.76 Å². The fourth-order valence-electron chi connectivity index (χ4n) is 4.70. The first kappa shape index (κ1) is 19.1. The Hall–Kier alpha value is -2.92. The van der Waals surface area contributed by atoms with E-state index in [2.05, 4.69) is 45.4 Å². The van der Waals surface area contributed by atoms with E-state index in [1.54, 1.807) is 6.26 Å². The lowest BCUT2D eigenvalue weighted by atomic mass is 9.83. The highest BCUT2D eigenvalue weighted by Crippen LogP contribution is 2.38.